The van der Waals surface area contributed by atoms with Gasteiger partial charge in [-0.3, -0.25) is 9.69 Å². The number of rotatable bonds is 5. The van der Waals surface area contributed by atoms with Crippen LogP contribution < -0.4 is 14.8 Å². The van der Waals surface area contributed by atoms with Crippen LogP contribution in [0, 0.1) is 5.92 Å². The van der Waals surface area contributed by atoms with Crippen LogP contribution in [0.25, 0.3) is 0 Å². The van der Waals surface area contributed by atoms with Gasteiger partial charge in [0.25, 0.3) is 5.91 Å². The number of likely N-dealkylation sites (tertiary alicyclic amines) is 1. The number of nitrogens with zero attached hydrogens (tertiary/aromatic N) is 2. The Morgan fingerprint density at radius 1 is 1.14 bits per heavy atom. The number of imide groups is 1. The largest absolute Gasteiger partial charge is 0.497 e. The Bertz CT molecular complexity index is 788. The summed E-state index contributed by atoms with van der Waals surface area (Å²) in [6, 6.07) is 5.70. The zero-order valence-electron chi connectivity index (χ0n) is 17.6. The first-order valence-electron chi connectivity index (χ1n) is 10.6. The molecule has 1 atom stereocenters. The molecule has 1 aromatic rings. The van der Waals surface area contributed by atoms with Gasteiger partial charge in [0.05, 0.1) is 20.9 Å². The molecule has 2 aliphatic heterocycles. The third kappa shape index (κ3) is 3.56. The van der Waals surface area contributed by atoms with Crippen LogP contribution in [0.2, 0.25) is 0 Å². The summed E-state index contributed by atoms with van der Waals surface area (Å²) in [6.45, 7) is 3.38. The molecule has 158 valence electrons. The molecule has 7 heteroatoms. The molecule has 1 aromatic carbocycles. The molecule has 3 amide bonds. The van der Waals surface area contributed by atoms with Crippen molar-refractivity contribution < 1.29 is 19.1 Å². The van der Waals surface area contributed by atoms with Crippen molar-refractivity contribution >= 4 is 11.9 Å². The predicted octanol–water partition coefficient (Wildman–Crippen LogP) is 3.30. The number of carbonyl (C=O) groups is 2. The minimum atomic E-state index is -0.684. The molecule has 7 nitrogen and oxygen atoms in total. The molecule has 1 saturated carbocycles. The number of amides is 3. The van der Waals surface area contributed by atoms with Crippen LogP contribution in [0.3, 0.4) is 0 Å². The molecule has 1 N–H and O–H groups in total. The summed E-state index contributed by atoms with van der Waals surface area (Å²) in [5.41, 5.74) is 0.385. The average molecular weight is 402 g/mol. The van der Waals surface area contributed by atoms with E-state index in [1.165, 1.54) is 4.90 Å². The quantitative estimate of drug-likeness (QED) is 0.767. The van der Waals surface area contributed by atoms with Crippen molar-refractivity contribution in [2.24, 2.45) is 5.92 Å². The van der Waals surface area contributed by atoms with E-state index in [0.717, 1.165) is 62.1 Å². The topological polar surface area (TPSA) is 71.1 Å². The fourth-order valence-electron chi connectivity index (χ4n) is 5.02. The molecule has 1 unspecified atom stereocenters. The number of benzene rings is 1. The van der Waals surface area contributed by atoms with E-state index in [0.29, 0.717) is 12.6 Å². The number of carbonyl (C=O) groups excluding carboxylic acids is 2. The first kappa shape index (κ1) is 20.0. The second kappa shape index (κ2) is 7.86. The number of hydrogen-bond acceptors (Lipinski definition) is 5. The predicted molar refractivity (Wildman–Crippen MR) is 109 cm³/mol. The fourth-order valence-corrected chi connectivity index (χ4v) is 5.02. The lowest BCUT2D eigenvalue weighted by atomic mass is 9.77. The summed E-state index contributed by atoms with van der Waals surface area (Å²) in [7, 11) is 3.29. The minimum Gasteiger partial charge on any atom is -0.497 e. The van der Waals surface area contributed by atoms with E-state index in [1.807, 2.05) is 18.2 Å². The van der Waals surface area contributed by atoms with Crippen LogP contribution in [0.15, 0.2) is 18.2 Å². The lowest BCUT2D eigenvalue weighted by Gasteiger charge is -2.34. The normalized spacial score (nSPS) is 30.1. The highest BCUT2D eigenvalue weighted by Crippen LogP contribution is 2.40. The molecule has 4 rings (SSSR count). The molecule has 2 heterocycles. The Balaban J connectivity index is 1.52. The molecule has 3 fully saturated rings. The van der Waals surface area contributed by atoms with E-state index in [2.05, 4.69) is 17.1 Å². The zero-order valence-corrected chi connectivity index (χ0v) is 17.6. The third-order valence-electron chi connectivity index (χ3n) is 6.86. The summed E-state index contributed by atoms with van der Waals surface area (Å²) >= 11 is 0. The molecule has 29 heavy (non-hydrogen) atoms. The van der Waals surface area contributed by atoms with Crippen LogP contribution in [0.5, 0.6) is 11.5 Å². The summed E-state index contributed by atoms with van der Waals surface area (Å²) in [5, 5.41) is 3.03. The number of urea groups is 1. The van der Waals surface area contributed by atoms with E-state index in [-0.39, 0.29) is 18.0 Å². The van der Waals surface area contributed by atoms with Crippen molar-refractivity contribution in [1.82, 2.24) is 15.1 Å². The molecule has 1 spiro atoms. The highest BCUT2D eigenvalue weighted by molar-refractivity contribution is 6.07. The Kier molecular flexibility index (Phi) is 5.42. The summed E-state index contributed by atoms with van der Waals surface area (Å²) in [4.78, 5) is 29.6. The van der Waals surface area contributed by atoms with Gasteiger partial charge in [-0.25, -0.2) is 9.69 Å². The van der Waals surface area contributed by atoms with Gasteiger partial charge >= 0.3 is 6.03 Å². The van der Waals surface area contributed by atoms with Gasteiger partial charge in [0, 0.05) is 24.2 Å². The summed E-state index contributed by atoms with van der Waals surface area (Å²) in [5.74, 6) is 2.08. The SMILES string of the molecule is COc1ccc(C2CCCN2CN2C(=O)NC3(CCC(C)CC3)C2=O)c(OC)c1. The van der Waals surface area contributed by atoms with E-state index in [1.54, 1.807) is 14.2 Å². The Morgan fingerprint density at radius 2 is 1.90 bits per heavy atom. The number of nitrogens with one attached hydrogen (secondary N) is 1. The smallest absolute Gasteiger partial charge is 0.326 e. The Labute approximate surface area is 172 Å². The van der Waals surface area contributed by atoms with Crippen molar-refractivity contribution in [2.45, 2.75) is 57.0 Å². The standard InChI is InChI=1S/C22H31N3O4/c1-15-8-10-22(11-9-15)20(26)25(21(27)23-22)14-24-12-4-5-18(24)17-7-6-16(28-2)13-19(17)29-3/h6-7,13,15,18H,4-5,8-12,14H2,1-3H3,(H,23,27). The van der Waals surface area contributed by atoms with Crippen molar-refractivity contribution in [2.75, 3.05) is 27.4 Å². The van der Waals surface area contributed by atoms with E-state index < -0.39 is 5.54 Å². The van der Waals surface area contributed by atoms with Crippen LogP contribution >= 0.6 is 0 Å². The van der Waals surface area contributed by atoms with Gasteiger partial charge in [-0.1, -0.05) is 13.0 Å². The highest BCUT2D eigenvalue weighted by Gasteiger charge is 2.52. The lowest BCUT2D eigenvalue weighted by molar-refractivity contribution is -0.134. The monoisotopic (exact) mass is 401 g/mol. The van der Waals surface area contributed by atoms with Crippen molar-refractivity contribution in [3.63, 3.8) is 0 Å². The Morgan fingerprint density at radius 3 is 2.59 bits per heavy atom. The van der Waals surface area contributed by atoms with Crippen LogP contribution in [0.1, 0.15) is 57.1 Å². The van der Waals surface area contributed by atoms with Gasteiger partial charge in [0.2, 0.25) is 0 Å². The molecule has 3 aliphatic rings. The van der Waals surface area contributed by atoms with Crippen LogP contribution in [0.4, 0.5) is 4.79 Å². The highest BCUT2D eigenvalue weighted by atomic mass is 16.5. The maximum atomic E-state index is 13.2. The molecule has 0 radical (unpaired) electrons. The van der Waals surface area contributed by atoms with Gasteiger partial charge in [-0.15, -0.1) is 0 Å². The fraction of sp³-hybridized carbons (Fsp3) is 0.636. The first-order valence-corrected chi connectivity index (χ1v) is 10.6. The number of hydrogen-bond donors (Lipinski definition) is 1. The molecule has 0 bridgehead atoms. The van der Waals surface area contributed by atoms with E-state index >= 15 is 0 Å². The van der Waals surface area contributed by atoms with Crippen molar-refractivity contribution in [1.29, 1.82) is 0 Å². The van der Waals surface area contributed by atoms with Gasteiger partial charge in [-0.05, 0) is 50.5 Å². The molecular formula is C22H31N3O4. The van der Waals surface area contributed by atoms with E-state index in [4.69, 9.17) is 9.47 Å². The summed E-state index contributed by atoms with van der Waals surface area (Å²) < 4.78 is 10.9. The maximum absolute atomic E-state index is 13.2. The zero-order chi connectivity index (χ0) is 20.6. The lowest BCUT2D eigenvalue weighted by Crippen LogP contribution is -2.50. The second-order valence-corrected chi connectivity index (χ2v) is 8.65. The molecular weight excluding hydrogens is 370 g/mol. The average Bonchev–Trinajstić information content (AvgIpc) is 3.28. The van der Waals surface area contributed by atoms with Crippen molar-refractivity contribution in [3.8, 4) is 11.5 Å². The first-order chi connectivity index (χ1) is 14.0. The van der Waals surface area contributed by atoms with Crippen LogP contribution in [-0.4, -0.2) is 54.7 Å². The maximum Gasteiger partial charge on any atom is 0.326 e. The van der Waals surface area contributed by atoms with Gasteiger partial charge in [-0.2, -0.15) is 0 Å². The second-order valence-electron chi connectivity index (χ2n) is 8.65. The summed E-state index contributed by atoms with van der Waals surface area (Å²) in [6.07, 6.45) is 5.43. The molecule has 1 aliphatic carbocycles. The van der Waals surface area contributed by atoms with E-state index in [9.17, 15) is 9.59 Å². The minimum absolute atomic E-state index is 0.0539. The molecule has 0 aromatic heterocycles. The van der Waals surface area contributed by atoms with Crippen LogP contribution in [-0.2, 0) is 4.79 Å². The van der Waals surface area contributed by atoms with Gasteiger partial charge in [0.15, 0.2) is 0 Å². The van der Waals surface area contributed by atoms with Gasteiger partial charge in [0.1, 0.15) is 17.0 Å². The Hall–Kier alpha value is -2.28. The third-order valence-corrected chi connectivity index (χ3v) is 6.86. The molecule has 2 saturated heterocycles. The number of ether oxygens (including phenoxy) is 2. The number of methoxy groups -OCH3 is 2. The van der Waals surface area contributed by atoms with Gasteiger partial charge < -0.3 is 14.8 Å². The van der Waals surface area contributed by atoms with Crippen molar-refractivity contribution in [3.05, 3.63) is 23.8 Å².